The summed E-state index contributed by atoms with van der Waals surface area (Å²) in [6, 6.07) is 7.56. The summed E-state index contributed by atoms with van der Waals surface area (Å²) in [5.74, 6) is 1.24. The van der Waals surface area contributed by atoms with Gasteiger partial charge in [0, 0.05) is 12.7 Å². The van der Waals surface area contributed by atoms with Gasteiger partial charge in [-0.3, -0.25) is 0 Å². The van der Waals surface area contributed by atoms with Gasteiger partial charge in [0.15, 0.2) is 11.5 Å². The fourth-order valence-electron chi connectivity index (χ4n) is 1.60. The van der Waals surface area contributed by atoms with Crippen molar-refractivity contribution in [3.8, 4) is 17.6 Å². The van der Waals surface area contributed by atoms with Gasteiger partial charge in [-0.2, -0.15) is 5.26 Å². The Morgan fingerprint density at radius 1 is 1.38 bits per heavy atom. The van der Waals surface area contributed by atoms with Crippen molar-refractivity contribution in [2.45, 2.75) is 6.29 Å². The van der Waals surface area contributed by atoms with Crippen LogP contribution in [0.15, 0.2) is 23.8 Å². The molecule has 1 aromatic carbocycles. The van der Waals surface area contributed by atoms with Crippen molar-refractivity contribution in [1.29, 1.82) is 5.26 Å². The molecule has 1 atom stereocenters. The molecule has 4 heteroatoms. The summed E-state index contributed by atoms with van der Waals surface area (Å²) < 4.78 is 15.8. The molecule has 0 fully saturated rings. The third-order valence-corrected chi connectivity index (χ3v) is 2.36. The van der Waals surface area contributed by atoms with E-state index >= 15 is 0 Å². The Hall–Kier alpha value is -1.99. The second-order valence-electron chi connectivity index (χ2n) is 3.28. The third kappa shape index (κ3) is 1.62. The fourth-order valence-corrected chi connectivity index (χ4v) is 1.60. The van der Waals surface area contributed by atoms with Crippen LogP contribution in [0, 0.1) is 11.3 Å². The van der Waals surface area contributed by atoms with Crippen molar-refractivity contribution in [3.05, 3.63) is 29.3 Å². The lowest BCUT2D eigenvalue weighted by Gasteiger charge is -2.23. The predicted octanol–water partition coefficient (Wildman–Crippen LogP) is 1.97. The minimum atomic E-state index is -0.659. The number of hydrogen-bond donors (Lipinski definition) is 0. The Morgan fingerprint density at radius 3 is 2.81 bits per heavy atom. The number of hydrogen-bond acceptors (Lipinski definition) is 4. The molecule has 0 aromatic heterocycles. The Kier molecular flexibility index (Phi) is 2.80. The zero-order valence-corrected chi connectivity index (χ0v) is 9.06. The van der Waals surface area contributed by atoms with Gasteiger partial charge in [-0.25, -0.2) is 0 Å². The zero-order chi connectivity index (χ0) is 11.5. The van der Waals surface area contributed by atoms with Crippen LogP contribution in [0.25, 0.3) is 6.08 Å². The van der Waals surface area contributed by atoms with Crippen molar-refractivity contribution < 1.29 is 14.2 Å². The fraction of sp³-hybridized carbons (Fsp3) is 0.250. The lowest BCUT2D eigenvalue weighted by molar-refractivity contribution is -0.0242. The van der Waals surface area contributed by atoms with Crippen molar-refractivity contribution in [2.24, 2.45) is 0 Å². The molecular formula is C12H11NO3. The van der Waals surface area contributed by atoms with Crippen molar-refractivity contribution in [3.63, 3.8) is 0 Å². The first-order chi connectivity index (χ1) is 7.80. The maximum atomic E-state index is 8.94. The lowest BCUT2D eigenvalue weighted by Crippen LogP contribution is -2.24. The Morgan fingerprint density at radius 2 is 2.19 bits per heavy atom. The zero-order valence-electron chi connectivity index (χ0n) is 9.06. The van der Waals surface area contributed by atoms with Crippen LogP contribution < -0.4 is 9.47 Å². The average Bonchev–Trinajstić information content (AvgIpc) is 2.36. The number of nitrogens with zero attached hydrogens (tertiary/aromatic N) is 1. The quantitative estimate of drug-likeness (QED) is 0.759. The summed E-state index contributed by atoms with van der Waals surface area (Å²) >= 11 is 0. The number of nitriles is 1. The SMILES string of the molecule is COc1cccc2c1OC(OC)C(C#N)=C2. The molecule has 0 bridgehead atoms. The molecule has 16 heavy (non-hydrogen) atoms. The number of rotatable bonds is 2. The minimum absolute atomic E-state index is 0.447. The molecule has 4 nitrogen and oxygen atoms in total. The van der Waals surface area contributed by atoms with Crippen LogP contribution in [0.1, 0.15) is 5.56 Å². The summed E-state index contributed by atoms with van der Waals surface area (Å²) in [4.78, 5) is 0. The van der Waals surface area contributed by atoms with Crippen molar-refractivity contribution >= 4 is 6.08 Å². The average molecular weight is 217 g/mol. The Labute approximate surface area is 93.7 Å². The van der Waals surface area contributed by atoms with Gasteiger partial charge >= 0.3 is 0 Å². The molecule has 1 heterocycles. The van der Waals surface area contributed by atoms with E-state index in [1.165, 1.54) is 7.11 Å². The molecule has 0 spiro atoms. The molecule has 0 radical (unpaired) electrons. The first-order valence-electron chi connectivity index (χ1n) is 4.78. The summed E-state index contributed by atoms with van der Waals surface area (Å²) in [6.07, 6.45) is 1.09. The Bertz CT molecular complexity index is 474. The highest BCUT2D eigenvalue weighted by atomic mass is 16.7. The molecule has 1 aliphatic rings. The minimum Gasteiger partial charge on any atom is -0.493 e. The maximum absolute atomic E-state index is 8.94. The van der Waals surface area contributed by atoms with E-state index in [-0.39, 0.29) is 0 Å². The van der Waals surface area contributed by atoms with E-state index in [2.05, 4.69) is 6.07 Å². The molecule has 0 N–H and O–H groups in total. The van der Waals surface area contributed by atoms with E-state index in [4.69, 9.17) is 19.5 Å². The highest BCUT2D eigenvalue weighted by Crippen LogP contribution is 2.37. The number of ether oxygens (including phenoxy) is 3. The normalized spacial score (nSPS) is 17.8. The first kappa shape index (κ1) is 10.5. The number of methoxy groups -OCH3 is 2. The van der Waals surface area contributed by atoms with Crippen LogP contribution in [0.2, 0.25) is 0 Å². The van der Waals surface area contributed by atoms with Crippen LogP contribution in [0.5, 0.6) is 11.5 Å². The second-order valence-corrected chi connectivity index (χ2v) is 3.28. The molecular weight excluding hydrogens is 206 g/mol. The number of fused-ring (bicyclic) bond motifs is 1. The molecule has 82 valence electrons. The smallest absolute Gasteiger partial charge is 0.236 e. The van der Waals surface area contributed by atoms with Crippen LogP contribution in [0.3, 0.4) is 0 Å². The summed E-state index contributed by atoms with van der Waals surface area (Å²) in [6.45, 7) is 0. The molecule has 0 aliphatic carbocycles. The standard InChI is InChI=1S/C12H11NO3/c1-14-10-5-3-4-8-6-9(7-13)12(15-2)16-11(8)10/h3-6,12H,1-2H3. The number of benzene rings is 1. The van der Waals surface area contributed by atoms with E-state index in [0.29, 0.717) is 17.1 Å². The van der Waals surface area contributed by atoms with Crippen LogP contribution in [0.4, 0.5) is 0 Å². The second kappa shape index (κ2) is 4.25. The molecule has 1 aromatic rings. The summed E-state index contributed by atoms with van der Waals surface area (Å²) in [5, 5.41) is 8.94. The van der Waals surface area contributed by atoms with Crippen molar-refractivity contribution in [2.75, 3.05) is 14.2 Å². The van der Waals surface area contributed by atoms with Gasteiger partial charge in [0.2, 0.25) is 6.29 Å². The topological polar surface area (TPSA) is 51.5 Å². The van der Waals surface area contributed by atoms with Crippen LogP contribution in [-0.2, 0) is 4.74 Å². The van der Waals surface area contributed by atoms with E-state index < -0.39 is 6.29 Å². The molecule has 0 saturated carbocycles. The van der Waals surface area contributed by atoms with Gasteiger partial charge in [-0.1, -0.05) is 12.1 Å². The van der Waals surface area contributed by atoms with Gasteiger partial charge in [0.1, 0.15) is 6.07 Å². The molecule has 1 aliphatic heterocycles. The third-order valence-electron chi connectivity index (χ3n) is 2.36. The van der Waals surface area contributed by atoms with Gasteiger partial charge in [0.25, 0.3) is 0 Å². The summed E-state index contributed by atoms with van der Waals surface area (Å²) in [5.41, 5.74) is 1.27. The largest absolute Gasteiger partial charge is 0.493 e. The molecule has 0 amide bonds. The van der Waals surface area contributed by atoms with E-state index in [1.54, 1.807) is 19.3 Å². The Balaban J connectivity index is 2.51. The molecule has 1 unspecified atom stereocenters. The summed E-state index contributed by atoms with van der Waals surface area (Å²) in [7, 11) is 3.07. The lowest BCUT2D eigenvalue weighted by atomic mass is 10.1. The van der Waals surface area contributed by atoms with Gasteiger partial charge in [-0.05, 0) is 12.1 Å². The van der Waals surface area contributed by atoms with Crippen molar-refractivity contribution in [1.82, 2.24) is 0 Å². The monoisotopic (exact) mass is 217 g/mol. The maximum Gasteiger partial charge on any atom is 0.236 e. The highest BCUT2D eigenvalue weighted by molar-refractivity contribution is 5.69. The van der Waals surface area contributed by atoms with Crippen LogP contribution >= 0.6 is 0 Å². The van der Waals surface area contributed by atoms with E-state index in [1.807, 2.05) is 12.1 Å². The number of para-hydroxylation sites is 1. The van der Waals surface area contributed by atoms with E-state index in [9.17, 15) is 0 Å². The highest BCUT2D eigenvalue weighted by Gasteiger charge is 2.24. The van der Waals surface area contributed by atoms with E-state index in [0.717, 1.165) is 5.56 Å². The van der Waals surface area contributed by atoms with Crippen LogP contribution in [-0.4, -0.2) is 20.5 Å². The first-order valence-corrected chi connectivity index (χ1v) is 4.78. The molecule has 0 saturated heterocycles. The van der Waals surface area contributed by atoms with Gasteiger partial charge in [0.05, 0.1) is 12.7 Å². The predicted molar refractivity (Wildman–Crippen MR) is 58.0 cm³/mol. The van der Waals surface area contributed by atoms with Gasteiger partial charge < -0.3 is 14.2 Å². The van der Waals surface area contributed by atoms with Gasteiger partial charge in [-0.15, -0.1) is 0 Å². The molecule has 2 rings (SSSR count).